The minimum absolute atomic E-state index is 0.0409. The van der Waals surface area contributed by atoms with E-state index >= 15 is 0 Å². The van der Waals surface area contributed by atoms with Crippen LogP contribution in [0.3, 0.4) is 0 Å². The van der Waals surface area contributed by atoms with E-state index in [1.54, 1.807) is 12.3 Å². The minimum atomic E-state index is 0.0409. The van der Waals surface area contributed by atoms with Crippen molar-refractivity contribution in [1.29, 1.82) is 0 Å². The third-order valence-electron chi connectivity index (χ3n) is 3.94. The van der Waals surface area contributed by atoms with Gasteiger partial charge < -0.3 is 4.57 Å². The van der Waals surface area contributed by atoms with Crippen molar-refractivity contribution in [2.75, 3.05) is 0 Å². The van der Waals surface area contributed by atoms with Crippen LogP contribution in [0.1, 0.15) is 37.3 Å². The summed E-state index contributed by atoms with van der Waals surface area (Å²) in [7, 11) is 0. The minimum Gasteiger partial charge on any atom is -0.304 e. The van der Waals surface area contributed by atoms with Crippen molar-refractivity contribution < 1.29 is 0 Å². The quantitative estimate of drug-likeness (QED) is 0.727. The SMILES string of the molecule is Cc1c(Br)c(=O)n(C2CCCC2)c2cc(Cl)ncc12. The number of aryl methyl sites for hydroxylation is 1. The molecule has 0 radical (unpaired) electrons. The molecule has 1 saturated carbocycles. The summed E-state index contributed by atoms with van der Waals surface area (Å²) in [6, 6.07) is 2.08. The molecule has 0 atom stereocenters. The molecule has 0 saturated heterocycles. The number of hydrogen-bond donors (Lipinski definition) is 0. The Labute approximate surface area is 124 Å². The fraction of sp³-hybridized carbons (Fsp3) is 0.429. The molecule has 3 rings (SSSR count). The summed E-state index contributed by atoms with van der Waals surface area (Å²) < 4.78 is 2.53. The van der Waals surface area contributed by atoms with Crippen LogP contribution in [-0.2, 0) is 0 Å². The maximum atomic E-state index is 12.6. The average molecular weight is 342 g/mol. The lowest BCUT2D eigenvalue weighted by molar-refractivity contribution is 0.517. The highest BCUT2D eigenvalue weighted by Gasteiger charge is 2.22. The Balaban J connectivity index is 2.40. The summed E-state index contributed by atoms with van der Waals surface area (Å²) in [5.41, 5.74) is 1.87. The topological polar surface area (TPSA) is 34.9 Å². The van der Waals surface area contributed by atoms with Gasteiger partial charge in [0.25, 0.3) is 5.56 Å². The van der Waals surface area contributed by atoms with Crippen LogP contribution in [0.15, 0.2) is 21.5 Å². The first kappa shape index (κ1) is 13.1. The van der Waals surface area contributed by atoms with Crippen LogP contribution in [0.5, 0.6) is 0 Å². The van der Waals surface area contributed by atoms with Gasteiger partial charge in [0.2, 0.25) is 0 Å². The number of aromatic nitrogens is 2. The number of rotatable bonds is 1. The van der Waals surface area contributed by atoms with Crippen LogP contribution in [-0.4, -0.2) is 9.55 Å². The maximum absolute atomic E-state index is 12.6. The first-order valence-electron chi connectivity index (χ1n) is 6.45. The lowest BCUT2D eigenvalue weighted by Crippen LogP contribution is -2.25. The Kier molecular flexibility index (Phi) is 3.39. The Morgan fingerprint density at radius 3 is 2.79 bits per heavy atom. The van der Waals surface area contributed by atoms with E-state index in [2.05, 4.69) is 20.9 Å². The van der Waals surface area contributed by atoms with Crippen LogP contribution >= 0.6 is 27.5 Å². The predicted molar refractivity (Wildman–Crippen MR) is 81.0 cm³/mol. The summed E-state index contributed by atoms with van der Waals surface area (Å²) in [5, 5.41) is 1.42. The van der Waals surface area contributed by atoms with Gasteiger partial charge in [-0.15, -0.1) is 0 Å². The lowest BCUT2D eigenvalue weighted by atomic mass is 10.1. The van der Waals surface area contributed by atoms with Crippen LogP contribution in [0.4, 0.5) is 0 Å². The highest BCUT2D eigenvalue weighted by Crippen LogP contribution is 2.33. The molecule has 0 unspecified atom stereocenters. The van der Waals surface area contributed by atoms with Crippen molar-refractivity contribution in [3.8, 4) is 0 Å². The fourth-order valence-corrected chi connectivity index (χ4v) is 3.48. The molecule has 100 valence electrons. The van der Waals surface area contributed by atoms with E-state index in [1.807, 2.05) is 11.5 Å². The number of fused-ring (bicyclic) bond motifs is 1. The molecule has 5 heteroatoms. The van der Waals surface area contributed by atoms with E-state index in [0.717, 1.165) is 29.3 Å². The molecule has 1 fully saturated rings. The van der Waals surface area contributed by atoms with E-state index in [9.17, 15) is 4.79 Å². The van der Waals surface area contributed by atoms with Crippen molar-refractivity contribution in [2.45, 2.75) is 38.6 Å². The second kappa shape index (κ2) is 4.91. The van der Waals surface area contributed by atoms with E-state index in [0.29, 0.717) is 9.63 Å². The Bertz CT molecular complexity index is 705. The zero-order valence-electron chi connectivity index (χ0n) is 10.6. The molecule has 1 aliphatic rings. The summed E-state index contributed by atoms with van der Waals surface area (Å²) in [4.78, 5) is 16.7. The molecule has 0 aliphatic heterocycles. The normalized spacial score (nSPS) is 16.4. The Morgan fingerprint density at radius 1 is 1.42 bits per heavy atom. The maximum Gasteiger partial charge on any atom is 0.265 e. The van der Waals surface area contributed by atoms with Crippen molar-refractivity contribution >= 4 is 38.4 Å². The summed E-state index contributed by atoms with van der Waals surface area (Å²) >= 11 is 9.43. The van der Waals surface area contributed by atoms with Crippen molar-refractivity contribution in [1.82, 2.24) is 9.55 Å². The van der Waals surface area contributed by atoms with Crippen LogP contribution in [0.25, 0.3) is 10.9 Å². The lowest BCUT2D eigenvalue weighted by Gasteiger charge is -2.19. The van der Waals surface area contributed by atoms with Crippen molar-refractivity contribution in [3.63, 3.8) is 0 Å². The van der Waals surface area contributed by atoms with Crippen LogP contribution in [0.2, 0.25) is 5.15 Å². The molecular formula is C14H14BrClN2O. The monoisotopic (exact) mass is 340 g/mol. The standard InChI is InChI=1S/C14H14BrClN2O/c1-8-10-7-17-12(16)6-11(10)18(14(19)13(8)15)9-4-2-3-5-9/h6-7,9H,2-5H2,1H3. The molecule has 0 bridgehead atoms. The predicted octanol–water partition coefficient (Wildman–Crippen LogP) is 4.24. The molecule has 0 N–H and O–H groups in total. The molecule has 2 aromatic heterocycles. The van der Waals surface area contributed by atoms with E-state index in [4.69, 9.17) is 11.6 Å². The van der Waals surface area contributed by atoms with E-state index in [-0.39, 0.29) is 11.6 Å². The van der Waals surface area contributed by atoms with E-state index in [1.165, 1.54) is 12.8 Å². The molecule has 2 aromatic rings. The van der Waals surface area contributed by atoms with Crippen molar-refractivity contribution in [3.05, 3.63) is 37.8 Å². The number of halogens is 2. The second-order valence-corrected chi connectivity index (χ2v) is 6.26. The summed E-state index contributed by atoms with van der Waals surface area (Å²) in [6.45, 7) is 1.93. The Hall–Kier alpha value is -0.870. The van der Waals surface area contributed by atoms with Crippen LogP contribution < -0.4 is 5.56 Å². The molecular weight excluding hydrogens is 328 g/mol. The number of pyridine rings is 2. The fourth-order valence-electron chi connectivity index (χ4n) is 2.93. The number of hydrogen-bond acceptors (Lipinski definition) is 2. The molecule has 3 nitrogen and oxygen atoms in total. The average Bonchev–Trinajstić information content (AvgIpc) is 2.90. The van der Waals surface area contributed by atoms with Gasteiger partial charge in [0.15, 0.2) is 0 Å². The van der Waals surface area contributed by atoms with Gasteiger partial charge in [0.1, 0.15) is 5.15 Å². The smallest absolute Gasteiger partial charge is 0.265 e. The Morgan fingerprint density at radius 2 is 2.11 bits per heavy atom. The number of nitrogens with zero attached hydrogens (tertiary/aromatic N) is 2. The van der Waals surface area contributed by atoms with Gasteiger partial charge in [-0.3, -0.25) is 4.79 Å². The van der Waals surface area contributed by atoms with Gasteiger partial charge in [-0.2, -0.15) is 0 Å². The van der Waals surface area contributed by atoms with Gasteiger partial charge in [-0.25, -0.2) is 4.98 Å². The molecule has 19 heavy (non-hydrogen) atoms. The first-order chi connectivity index (χ1) is 9.09. The molecule has 2 heterocycles. The third-order valence-corrected chi connectivity index (χ3v) is 5.08. The van der Waals surface area contributed by atoms with Gasteiger partial charge in [0.05, 0.1) is 9.99 Å². The highest BCUT2D eigenvalue weighted by molar-refractivity contribution is 9.10. The summed E-state index contributed by atoms with van der Waals surface area (Å²) in [5.74, 6) is 0. The van der Waals surface area contributed by atoms with Crippen LogP contribution in [0, 0.1) is 6.92 Å². The molecule has 0 spiro atoms. The molecule has 1 aliphatic carbocycles. The zero-order valence-corrected chi connectivity index (χ0v) is 13.0. The highest BCUT2D eigenvalue weighted by atomic mass is 79.9. The first-order valence-corrected chi connectivity index (χ1v) is 7.62. The van der Waals surface area contributed by atoms with Gasteiger partial charge >= 0.3 is 0 Å². The zero-order chi connectivity index (χ0) is 13.6. The van der Waals surface area contributed by atoms with E-state index < -0.39 is 0 Å². The molecule has 0 aromatic carbocycles. The van der Waals surface area contributed by atoms with Gasteiger partial charge in [-0.05, 0) is 47.3 Å². The van der Waals surface area contributed by atoms with Gasteiger partial charge in [0, 0.05) is 17.6 Å². The summed E-state index contributed by atoms with van der Waals surface area (Å²) in [6.07, 6.45) is 6.24. The molecule has 0 amide bonds. The second-order valence-electron chi connectivity index (χ2n) is 5.08. The van der Waals surface area contributed by atoms with Crippen molar-refractivity contribution in [2.24, 2.45) is 0 Å². The largest absolute Gasteiger partial charge is 0.304 e. The third kappa shape index (κ3) is 2.11. The van der Waals surface area contributed by atoms with Gasteiger partial charge in [-0.1, -0.05) is 24.4 Å².